The monoisotopic (exact) mass is 340 g/mol. The number of benzene rings is 1. The average molecular weight is 341 g/mol. The van der Waals surface area contributed by atoms with E-state index in [-0.39, 0.29) is 24.1 Å². The maximum atomic E-state index is 12.2. The van der Waals surface area contributed by atoms with Crippen molar-refractivity contribution >= 4 is 23.2 Å². The molecule has 0 saturated heterocycles. The molecule has 128 valence electrons. The van der Waals surface area contributed by atoms with Gasteiger partial charge in [0.25, 0.3) is 0 Å². The van der Waals surface area contributed by atoms with Crippen LogP contribution in [0.5, 0.6) is 5.75 Å². The van der Waals surface area contributed by atoms with Crippen LogP contribution in [0.25, 0.3) is 0 Å². The highest BCUT2D eigenvalue weighted by molar-refractivity contribution is 6.31. The largest absolute Gasteiger partial charge is 0.495 e. The fourth-order valence-corrected chi connectivity index (χ4v) is 3.06. The number of hydrogen-bond acceptors (Lipinski definition) is 4. The highest BCUT2D eigenvalue weighted by Gasteiger charge is 2.41. The van der Waals surface area contributed by atoms with Gasteiger partial charge >= 0.3 is 0 Å². The number of rotatable bonds is 8. The molecule has 2 atom stereocenters. The lowest BCUT2D eigenvalue weighted by molar-refractivity contribution is -0.116. The number of carbonyl (C=O) groups is 1. The maximum absolute atomic E-state index is 12.2. The Morgan fingerprint density at radius 2 is 2.22 bits per heavy atom. The molecule has 0 spiro atoms. The summed E-state index contributed by atoms with van der Waals surface area (Å²) in [7, 11) is 1.55. The van der Waals surface area contributed by atoms with Crippen molar-refractivity contribution in [3.05, 3.63) is 23.2 Å². The molecule has 1 aromatic rings. The van der Waals surface area contributed by atoms with Crippen molar-refractivity contribution in [1.29, 1.82) is 0 Å². The smallest absolute Gasteiger partial charge is 0.226 e. The summed E-state index contributed by atoms with van der Waals surface area (Å²) >= 11 is 5.96. The van der Waals surface area contributed by atoms with Crippen LogP contribution >= 0.6 is 11.6 Å². The van der Waals surface area contributed by atoms with E-state index in [1.54, 1.807) is 25.3 Å². The number of hydrogen-bond donors (Lipinski definition) is 3. The lowest BCUT2D eigenvalue weighted by atomic mass is 9.95. The van der Waals surface area contributed by atoms with Crippen LogP contribution in [-0.2, 0) is 4.79 Å². The van der Waals surface area contributed by atoms with Gasteiger partial charge in [0.15, 0.2) is 0 Å². The molecule has 1 aliphatic rings. The molecule has 1 aromatic carbocycles. The van der Waals surface area contributed by atoms with Crippen LogP contribution in [0, 0.1) is 5.92 Å². The Morgan fingerprint density at radius 3 is 2.78 bits per heavy atom. The Labute approximate surface area is 142 Å². The van der Waals surface area contributed by atoms with Gasteiger partial charge in [-0.3, -0.25) is 4.79 Å². The summed E-state index contributed by atoms with van der Waals surface area (Å²) in [5, 5.41) is 16.4. The van der Waals surface area contributed by atoms with Gasteiger partial charge in [-0.05, 0) is 50.8 Å². The number of amides is 1. The van der Waals surface area contributed by atoms with Crippen molar-refractivity contribution in [3.63, 3.8) is 0 Å². The predicted molar refractivity (Wildman–Crippen MR) is 92.1 cm³/mol. The molecule has 5 nitrogen and oxygen atoms in total. The molecule has 0 bridgehead atoms. The van der Waals surface area contributed by atoms with Gasteiger partial charge in [0, 0.05) is 23.0 Å². The van der Waals surface area contributed by atoms with Crippen molar-refractivity contribution in [1.82, 2.24) is 5.32 Å². The fourth-order valence-electron chi connectivity index (χ4n) is 2.88. The van der Waals surface area contributed by atoms with E-state index < -0.39 is 0 Å². The molecule has 0 aromatic heterocycles. The molecule has 0 heterocycles. The molecule has 1 fully saturated rings. The third-order valence-corrected chi connectivity index (χ3v) is 4.55. The van der Waals surface area contributed by atoms with E-state index in [4.69, 9.17) is 16.3 Å². The molecule has 1 saturated carbocycles. The summed E-state index contributed by atoms with van der Waals surface area (Å²) < 4.78 is 5.22. The number of halogens is 1. The van der Waals surface area contributed by atoms with E-state index in [9.17, 15) is 9.90 Å². The molecule has 0 aliphatic heterocycles. The second-order valence-electron chi connectivity index (χ2n) is 6.49. The van der Waals surface area contributed by atoms with Crippen molar-refractivity contribution in [2.45, 2.75) is 44.7 Å². The molecule has 6 heteroatoms. The maximum Gasteiger partial charge on any atom is 0.226 e. The summed E-state index contributed by atoms with van der Waals surface area (Å²) in [4.78, 5) is 12.2. The molecule has 0 radical (unpaired) electrons. The minimum Gasteiger partial charge on any atom is -0.495 e. The van der Waals surface area contributed by atoms with Crippen LogP contribution in [0.3, 0.4) is 0 Å². The van der Waals surface area contributed by atoms with Gasteiger partial charge in [-0.15, -0.1) is 0 Å². The Kier molecular flexibility index (Phi) is 5.89. The fraction of sp³-hybridized carbons (Fsp3) is 0.588. The predicted octanol–water partition coefficient (Wildman–Crippen LogP) is 2.82. The van der Waals surface area contributed by atoms with E-state index in [2.05, 4.69) is 10.6 Å². The number of carbonyl (C=O) groups excluding carboxylic acids is 1. The van der Waals surface area contributed by atoms with Crippen LogP contribution in [0.4, 0.5) is 5.69 Å². The van der Waals surface area contributed by atoms with Crippen molar-refractivity contribution in [3.8, 4) is 5.75 Å². The summed E-state index contributed by atoms with van der Waals surface area (Å²) in [6, 6.07) is 5.05. The first-order valence-corrected chi connectivity index (χ1v) is 8.27. The molecule has 2 unspecified atom stereocenters. The average Bonchev–Trinajstić information content (AvgIpc) is 3.32. The highest BCUT2D eigenvalue weighted by atomic mass is 35.5. The minimum atomic E-state index is -0.312. The Bertz CT molecular complexity index is 563. The Balaban J connectivity index is 1.92. The molecule has 1 aliphatic carbocycles. The molecule has 2 rings (SSSR count). The lowest BCUT2D eigenvalue weighted by Gasteiger charge is -2.32. The Hall–Kier alpha value is -1.30. The SMILES string of the molecule is COc1ccc(Cl)cc1NC(=O)CC(C)NC(C)(CO)C1CC1. The summed E-state index contributed by atoms with van der Waals surface area (Å²) in [6.07, 6.45) is 2.56. The molecule has 1 amide bonds. The van der Waals surface area contributed by atoms with Gasteiger partial charge in [-0.2, -0.15) is 0 Å². The lowest BCUT2D eigenvalue weighted by Crippen LogP contribution is -2.52. The van der Waals surface area contributed by atoms with Gasteiger partial charge in [0.1, 0.15) is 5.75 Å². The van der Waals surface area contributed by atoms with Gasteiger partial charge in [0.2, 0.25) is 5.91 Å². The first-order valence-electron chi connectivity index (χ1n) is 7.90. The summed E-state index contributed by atoms with van der Waals surface area (Å²) in [5.41, 5.74) is 0.247. The molecule has 23 heavy (non-hydrogen) atoms. The van der Waals surface area contributed by atoms with E-state index >= 15 is 0 Å². The van der Waals surface area contributed by atoms with E-state index in [1.165, 1.54) is 0 Å². The van der Waals surface area contributed by atoms with E-state index in [0.29, 0.717) is 28.8 Å². The number of aliphatic hydroxyl groups excluding tert-OH is 1. The third-order valence-electron chi connectivity index (χ3n) is 4.31. The Morgan fingerprint density at radius 1 is 1.52 bits per heavy atom. The van der Waals surface area contributed by atoms with Crippen molar-refractivity contribution in [2.24, 2.45) is 5.92 Å². The van der Waals surface area contributed by atoms with Gasteiger partial charge < -0.3 is 20.5 Å². The number of methoxy groups -OCH3 is 1. The molecular formula is C17H25ClN2O3. The first-order chi connectivity index (χ1) is 10.9. The summed E-state index contributed by atoms with van der Waals surface area (Å²) in [5.74, 6) is 0.939. The van der Waals surface area contributed by atoms with Crippen LogP contribution in [-0.4, -0.2) is 36.3 Å². The highest BCUT2D eigenvalue weighted by Crippen LogP contribution is 2.39. The van der Waals surface area contributed by atoms with Gasteiger partial charge in [-0.1, -0.05) is 11.6 Å². The standard InChI is InChI=1S/C17H25ClN2O3/c1-11(20-17(2,10-21)12-4-5-12)8-16(22)19-14-9-13(18)6-7-15(14)23-3/h6-7,9,11-12,20-21H,4-5,8,10H2,1-3H3,(H,19,22). The second kappa shape index (κ2) is 7.51. The minimum absolute atomic E-state index is 0.0436. The quantitative estimate of drug-likeness (QED) is 0.680. The zero-order valence-electron chi connectivity index (χ0n) is 13.9. The van der Waals surface area contributed by atoms with Crippen LogP contribution in [0.15, 0.2) is 18.2 Å². The number of nitrogens with one attached hydrogen (secondary N) is 2. The van der Waals surface area contributed by atoms with Crippen molar-refractivity contribution < 1.29 is 14.6 Å². The topological polar surface area (TPSA) is 70.6 Å². The number of anilines is 1. The number of ether oxygens (including phenoxy) is 1. The van der Waals surface area contributed by atoms with Gasteiger partial charge in [0.05, 0.1) is 19.4 Å². The second-order valence-corrected chi connectivity index (χ2v) is 6.93. The van der Waals surface area contributed by atoms with Crippen LogP contribution in [0.2, 0.25) is 5.02 Å². The van der Waals surface area contributed by atoms with Gasteiger partial charge in [-0.25, -0.2) is 0 Å². The van der Waals surface area contributed by atoms with E-state index in [0.717, 1.165) is 12.8 Å². The van der Waals surface area contributed by atoms with Crippen LogP contribution < -0.4 is 15.4 Å². The van der Waals surface area contributed by atoms with Crippen LogP contribution in [0.1, 0.15) is 33.1 Å². The zero-order valence-corrected chi connectivity index (χ0v) is 14.6. The molecular weight excluding hydrogens is 316 g/mol. The zero-order chi connectivity index (χ0) is 17.0. The summed E-state index contributed by atoms with van der Waals surface area (Å²) in [6.45, 7) is 4.04. The van der Waals surface area contributed by atoms with Crippen molar-refractivity contribution in [2.75, 3.05) is 19.0 Å². The normalized spacial score (nSPS) is 18.1. The number of aliphatic hydroxyl groups is 1. The third kappa shape index (κ3) is 4.83. The van der Waals surface area contributed by atoms with E-state index in [1.807, 2.05) is 13.8 Å². The molecule has 3 N–H and O–H groups in total. The first kappa shape index (κ1) is 18.0.